The van der Waals surface area contributed by atoms with Crippen LogP contribution in [0, 0.1) is 0 Å². The highest BCUT2D eigenvalue weighted by molar-refractivity contribution is 5.95. The summed E-state index contributed by atoms with van der Waals surface area (Å²) in [7, 11) is 0. The zero-order chi connectivity index (χ0) is 18.4. The maximum absolute atomic E-state index is 12.9. The molecule has 1 amide bonds. The molecule has 1 aromatic carbocycles. The predicted molar refractivity (Wildman–Crippen MR) is 99.5 cm³/mol. The molecule has 1 N–H and O–H groups in total. The third-order valence-electron chi connectivity index (χ3n) is 4.37. The van der Waals surface area contributed by atoms with Crippen molar-refractivity contribution in [1.29, 1.82) is 0 Å². The van der Waals surface area contributed by atoms with E-state index in [-0.39, 0.29) is 11.9 Å². The second-order valence-electron chi connectivity index (χ2n) is 6.30. The topological polar surface area (TPSA) is 63.7 Å². The van der Waals surface area contributed by atoms with E-state index in [2.05, 4.69) is 17.2 Å². The Labute approximate surface area is 154 Å². The molecule has 1 aromatic heterocycles. The third-order valence-corrected chi connectivity index (χ3v) is 4.37. The van der Waals surface area contributed by atoms with Gasteiger partial charge in [-0.15, -0.1) is 0 Å². The number of nitrogens with one attached hydrogen (secondary N) is 1. The largest absolute Gasteiger partial charge is 0.490 e. The van der Waals surface area contributed by atoms with Gasteiger partial charge in [0, 0.05) is 49.2 Å². The molecule has 6 nitrogen and oxygen atoms in total. The van der Waals surface area contributed by atoms with E-state index < -0.39 is 0 Å². The van der Waals surface area contributed by atoms with Gasteiger partial charge in [0.2, 0.25) is 0 Å². The molecule has 1 aliphatic heterocycles. The number of amides is 1. The van der Waals surface area contributed by atoms with Crippen molar-refractivity contribution in [3.05, 3.63) is 53.9 Å². The van der Waals surface area contributed by atoms with Crippen LogP contribution in [-0.4, -0.2) is 48.1 Å². The minimum atomic E-state index is 0.0266. The smallest absolute Gasteiger partial charge is 0.254 e. The van der Waals surface area contributed by atoms with E-state index >= 15 is 0 Å². The Morgan fingerprint density at radius 3 is 2.92 bits per heavy atom. The van der Waals surface area contributed by atoms with Crippen LogP contribution in [0.4, 0.5) is 0 Å². The molecule has 3 rings (SSSR count). The molecule has 0 bridgehead atoms. The van der Waals surface area contributed by atoms with Gasteiger partial charge < -0.3 is 19.7 Å². The van der Waals surface area contributed by atoms with E-state index in [4.69, 9.17) is 9.47 Å². The molecular weight excluding hydrogens is 330 g/mol. The fraction of sp³-hybridized carbons (Fsp3) is 0.400. The van der Waals surface area contributed by atoms with E-state index in [9.17, 15) is 4.79 Å². The number of nitrogens with zero attached hydrogens (tertiary/aromatic N) is 2. The van der Waals surface area contributed by atoms with E-state index in [1.165, 1.54) is 0 Å². The van der Waals surface area contributed by atoms with Crippen molar-refractivity contribution >= 4 is 5.91 Å². The Hall–Kier alpha value is -2.60. The zero-order valence-electron chi connectivity index (χ0n) is 15.3. The molecule has 0 spiro atoms. The van der Waals surface area contributed by atoms with Crippen molar-refractivity contribution in [2.24, 2.45) is 0 Å². The van der Waals surface area contributed by atoms with Crippen LogP contribution in [0.15, 0.2) is 42.7 Å². The van der Waals surface area contributed by atoms with Crippen LogP contribution in [0.1, 0.15) is 29.8 Å². The van der Waals surface area contributed by atoms with Crippen LogP contribution < -0.4 is 14.8 Å². The van der Waals surface area contributed by atoms with Gasteiger partial charge in [0.1, 0.15) is 6.61 Å². The summed E-state index contributed by atoms with van der Waals surface area (Å²) in [6, 6.07) is 9.39. The van der Waals surface area contributed by atoms with E-state index in [0.29, 0.717) is 36.8 Å². The van der Waals surface area contributed by atoms with Gasteiger partial charge in [0.25, 0.3) is 5.91 Å². The number of carbonyl (C=O) groups excluding carboxylic acids is 1. The fourth-order valence-electron chi connectivity index (χ4n) is 2.98. The number of pyridine rings is 1. The Balaban J connectivity index is 1.76. The molecule has 0 aliphatic carbocycles. The molecule has 1 aliphatic rings. The standard InChI is InChI=1S/C20H25N3O3/c1-3-25-19-11-17(20(24)23-10-9-22-12-15(23)2)6-7-18(19)26-14-16-5-4-8-21-13-16/h4-8,11,13,15,22H,3,9-10,12,14H2,1-2H3. The van der Waals surface area contributed by atoms with Crippen LogP contribution in [0.3, 0.4) is 0 Å². The molecule has 1 fully saturated rings. The number of benzene rings is 1. The van der Waals surface area contributed by atoms with Crippen LogP contribution in [0.25, 0.3) is 0 Å². The van der Waals surface area contributed by atoms with Crippen LogP contribution in [0.2, 0.25) is 0 Å². The summed E-state index contributed by atoms with van der Waals surface area (Å²) in [5, 5.41) is 3.30. The van der Waals surface area contributed by atoms with Gasteiger partial charge in [-0.2, -0.15) is 0 Å². The Morgan fingerprint density at radius 2 is 2.19 bits per heavy atom. The van der Waals surface area contributed by atoms with Crippen molar-refractivity contribution < 1.29 is 14.3 Å². The normalized spacial score (nSPS) is 17.0. The van der Waals surface area contributed by atoms with Crippen molar-refractivity contribution in [3.8, 4) is 11.5 Å². The number of ether oxygens (including phenoxy) is 2. The number of piperazine rings is 1. The van der Waals surface area contributed by atoms with Gasteiger partial charge in [-0.25, -0.2) is 0 Å². The summed E-state index contributed by atoms with van der Waals surface area (Å²) in [6.45, 7) is 7.22. The lowest BCUT2D eigenvalue weighted by molar-refractivity contribution is 0.0655. The van der Waals surface area contributed by atoms with Crippen molar-refractivity contribution in [2.45, 2.75) is 26.5 Å². The van der Waals surface area contributed by atoms with Gasteiger partial charge in [0.15, 0.2) is 11.5 Å². The first-order valence-corrected chi connectivity index (χ1v) is 8.99. The van der Waals surface area contributed by atoms with Crippen molar-refractivity contribution in [2.75, 3.05) is 26.2 Å². The van der Waals surface area contributed by atoms with E-state index in [0.717, 1.165) is 18.7 Å². The van der Waals surface area contributed by atoms with Crippen molar-refractivity contribution in [3.63, 3.8) is 0 Å². The number of carbonyl (C=O) groups is 1. The molecule has 2 aromatic rings. The monoisotopic (exact) mass is 355 g/mol. The van der Waals surface area contributed by atoms with Gasteiger partial charge in [-0.1, -0.05) is 6.07 Å². The average Bonchev–Trinajstić information content (AvgIpc) is 2.68. The van der Waals surface area contributed by atoms with Crippen LogP contribution in [-0.2, 0) is 6.61 Å². The first kappa shape index (κ1) is 18.2. The average molecular weight is 355 g/mol. The van der Waals surface area contributed by atoms with Gasteiger partial charge >= 0.3 is 0 Å². The Morgan fingerprint density at radius 1 is 1.31 bits per heavy atom. The lowest BCUT2D eigenvalue weighted by atomic mass is 10.1. The molecule has 0 radical (unpaired) electrons. The predicted octanol–water partition coefficient (Wildman–Crippen LogP) is 2.49. The fourth-order valence-corrected chi connectivity index (χ4v) is 2.98. The highest BCUT2D eigenvalue weighted by atomic mass is 16.5. The third kappa shape index (κ3) is 4.32. The number of hydrogen-bond donors (Lipinski definition) is 1. The van der Waals surface area contributed by atoms with Gasteiger partial charge in [0.05, 0.1) is 6.61 Å². The number of rotatable bonds is 6. The molecule has 138 valence electrons. The van der Waals surface area contributed by atoms with E-state index in [1.807, 2.05) is 30.0 Å². The molecule has 26 heavy (non-hydrogen) atoms. The minimum absolute atomic E-state index is 0.0266. The van der Waals surface area contributed by atoms with Crippen molar-refractivity contribution in [1.82, 2.24) is 15.2 Å². The summed E-state index contributed by atoms with van der Waals surface area (Å²) >= 11 is 0. The Bertz CT molecular complexity index is 736. The highest BCUT2D eigenvalue weighted by Gasteiger charge is 2.24. The van der Waals surface area contributed by atoms with Crippen LogP contribution in [0.5, 0.6) is 11.5 Å². The van der Waals surface area contributed by atoms with E-state index in [1.54, 1.807) is 24.5 Å². The number of aromatic nitrogens is 1. The quantitative estimate of drug-likeness (QED) is 0.863. The molecule has 2 heterocycles. The molecule has 1 saturated heterocycles. The first-order valence-electron chi connectivity index (χ1n) is 8.99. The number of hydrogen-bond acceptors (Lipinski definition) is 5. The van der Waals surface area contributed by atoms with Gasteiger partial charge in [-0.05, 0) is 38.1 Å². The second kappa shape index (κ2) is 8.67. The lowest BCUT2D eigenvalue weighted by Gasteiger charge is -2.34. The second-order valence-corrected chi connectivity index (χ2v) is 6.30. The maximum Gasteiger partial charge on any atom is 0.254 e. The summed E-state index contributed by atoms with van der Waals surface area (Å²) in [6.07, 6.45) is 3.50. The lowest BCUT2D eigenvalue weighted by Crippen LogP contribution is -2.52. The van der Waals surface area contributed by atoms with Gasteiger partial charge in [-0.3, -0.25) is 9.78 Å². The zero-order valence-corrected chi connectivity index (χ0v) is 15.3. The first-order chi connectivity index (χ1) is 12.7. The maximum atomic E-state index is 12.9. The minimum Gasteiger partial charge on any atom is -0.490 e. The summed E-state index contributed by atoms with van der Waals surface area (Å²) < 4.78 is 11.6. The molecule has 6 heteroatoms. The highest BCUT2D eigenvalue weighted by Crippen LogP contribution is 2.30. The molecule has 1 atom stereocenters. The van der Waals surface area contributed by atoms with Crippen LogP contribution >= 0.6 is 0 Å². The molecule has 0 saturated carbocycles. The summed E-state index contributed by atoms with van der Waals surface area (Å²) in [4.78, 5) is 18.8. The molecule has 1 unspecified atom stereocenters. The molecular formula is C20H25N3O3. The Kier molecular flexibility index (Phi) is 6.07. The summed E-state index contributed by atoms with van der Waals surface area (Å²) in [5.41, 5.74) is 1.60. The summed E-state index contributed by atoms with van der Waals surface area (Å²) in [5.74, 6) is 1.24. The SMILES string of the molecule is CCOc1cc(C(=O)N2CCNCC2C)ccc1OCc1cccnc1.